The second-order valence-electron chi connectivity index (χ2n) is 8.80. The number of amides is 2. The molecule has 1 N–H and O–H groups in total. The Morgan fingerprint density at radius 2 is 1.85 bits per heavy atom. The fourth-order valence-electron chi connectivity index (χ4n) is 4.21. The van der Waals surface area contributed by atoms with Gasteiger partial charge in [-0.2, -0.15) is 0 Å². The van der Waals surface area contributed by atoms with E-state index >= 15 is 0 Å². The van der Waals surface area contributed by atoms with Crippen molar-refractivity contribution in [3.05, 3.63) is 94.0 Å². The molecule has 13 heteroatoms. The van der Waals surface area contributed by atoms with Crippen molar-refractivity contribution in [2.75, 3.05) is 19.0 Å². The van der Waals surface area contributed by atoms with Gasteiger partial charge in [0.25, 0.3) is 15.9 Å². The quantitative estimate of drug-likeness (QED) is 0.293. The van der Waals surface area contributed by atoms with E-state index in [1.807, 2.05) is 30.3 Å². The molecule has 206 valence electrons. The summed E-state index contributed by atoms with van der Waals surface area (Å²) in [7, 11) is -2.98. The Morgan fingerprint density at radius 3 is 2.58 bits per heavy atom. The number of rotatable bonds is 9. The van der Waals surface area contributed by atoms with Crippen molar-refractivity contribution in [1.82, 2.24) is 14.5 Å². The first-order chi connectivity index (χ1) is 19.2. The minimum Gasteiger partial charge on any atom is -0.495 e. The molecule has 3 aromatic carbocycles. The van der Waals surface area contributed by atoms with Crippen LogP contribution in [0.15, 0.2) is 77.7 Å². The molecule has 0 spiro atoms. The number of benzene rings is 3. The highest BCUT2D eigenvalue weighted by molar-refractivity contribution is 7.89. The van der Waals surface area contributed by atoms with E-state index in [0.29, 0.717) is 15.8 Å². The Balaban J connectivity index is 1.31. The largest absolute Gasteiger partial charge is 0.495 e. The van der Waals surface area contributed by atoms with Gasteiger partial charge in [0.2, 0.25) is 11.0 Å². The average Bonchev–Trinajstić information content (AvgIpc) is 3.59. The van der Waals surface area contributed by atoms with Gasteiger partial charge in [-0.1, -0.05) is 53.3 Å². The van der Waals surface area contributed by atoms with Crippen molar-refractivity contribution >= 4 is 49.9 Å². The number of anilines is 1. The summed E-state index contributed by atoms with van der Waals surface area (Å²) in [4.78, 5) is 25.5. The zero-order chi connectivity index (χ0) is 28.3. The molecule has 1 saturated heterocycles. The smallest absolute Gasteiger partial charge is 0.270 e. The van der Waals surface area contributed by atoms with Crippen molar-refractivity contribution in [3.8, 4) is 11.5 Å². The second kappa shape index (κ2) is 11.6. The van der Waals surface area contributed by atoms with E-state index in [2.05, 4.69) is 15.5 Å². The van der Waals surface area contributed by atoms with Crippen LogP contribution in [0, 0.1) is 0 Å². The van der Waals surface area contributed by atoms with Crippen molar-refractivity contribution < 1.29 is 27.5 Å². The lowest BCUT2D eigenvalue weighted by Gasteiger charge is -2.19. The number of ether oxygens (including phenoxy) is 2. The first kappa shape index (κ1) is 27.6. The van der Waals surface area contributed by atoms with Gasteiger partial charge in [0, 0.05) is 29.5 Å². The maximum Gasteiger partial charge on any atom is 0.270 e. The van der Waals surface area contributed by atoms with Crippen molar-refractivity contribution in [3.63, 3.8) is 0 Å². The summed E-state index contributed by atoms with van der Waals surface area (Å²) in [6, 6.07) is 20.1. The highest BCUT2D eigenvalue weighted by atomic mass is 35.5. The van der Waals surface area contributed by atoms with Crippen molar-refractivity contribution in [1.29, 1.82) is 0 Å². The van der Waals surface area contributed by atoms with Gasteiger partial charge in [0.1, 0.15) is 23.0 Å². The number of hydrogen-bond donors (Lipinski definition) is 1. The Labute approximate surface area is 239 Å². The Kier molecular flexibility index (Phi) is 8.01. The van der Waals surface area contributed by atoms with Gasteiger partial charge in [-0.05, 0) is 48.0 Å². The molecule has 40 heavy (non-hydrogen) atoms. The summed E-state index contributed by atoms with van der Waals surface area (Å²) < 4.78 is 39.0. The van der Waals surface area contributed by atoms with E-state index in [9.17, 15) is 18.0 Å². The predicted molar refractivity (Wildman–Crippen MR) is 149 cm³/mol. The Morgan fingerprint density at radius 1 is 1.10 bits per heavy atom. The third-order valence-electron chi connectivity index (χ3n) is 6.21. The van der Waals surface area contributed by atoms with Gasteiger partial charge in [-0.25, -0.2) is 12.7 Å². The third-order valence-corrected chi connectivity index (χ3v) is 9.09. The van der Waals surface area contributed by atoms with Gasteiger partial charge in [0.05, 0.1) is 7.11 Å². The minimum atomic E-state index is -4.30. The van der Waals surface area contributed by atoms with E-state index in [-0.39, 0.29) is 46.8 Å². The third kappa shape index (κ3) is 5.93. The van der Waals surface area contributed by atoms with Crippen LogP contribution in [0.5, 0.6) is 11.5 Å². The number of nitrogens with one attached hydrogen (secondary N) is 1. The molecule has 5 rings (SSSR count). The van der Waals surface area contributed by atoms with E-state index in [4.69, 9.17) is 21.1 Å². The Hall–Kier alpha value is -4.00. The van der Waals surface area contributed by atoms with Crippen LogP contribution in [-0.2, 0) is 21.4 Å². The SMILES string of the molecule is COc1ccc(C(=O)Nc2nnc(COc3ccc(Cl)cc3)s2)cc1S(=O)(=O)N1C[C@@H](c2ccccc2)CC1=O. The Bertz CT molecular complexity index is 1650. The molecule has 2 amide bonds. The highest BCUT2D eigenvalue weighted by Gasteiger charge is 2.40. The van der Waals surface area contributed by atoms with Crippen molar-refractivity contribution in [2.45, 2.75) is 23.8 Å². The number of methoxy groups -OCH3 is 1. The summed E-state index contributed by atoms with van der Waals surface area (Å²) in [6.07, 6.45) is 0.0624. The zero-order valence-corrected chi connectivity index (χ0v) is 23.5. The van der Waals surface area contributed by atoms with Gasteiger partial charge >= 0.3 is 0 Å². The molecule has 4 aromatic rings. The molecule has 0 saturated carbocycles. The summed E-state index contributed by atoms with van der Waals surface area (Å²) in [5.74, 6) is -0.770. The highest BCUT2D eigenvalue weighted by Crippen LogP contribution is 2.35. The number of carbonyl (C=O) groups is 2. The average molecular weight is 599 g/mol. The molecule has 1 aromatic heterocycles. The van der Waals surface area contributed by atoms with E-state index in [0.717, 1.165) is 21.2 Å². The van der Waals surface area contributed by atoms with Crippen LogP contribution in [0.2, 0.25) is 5.02 Å². The lowest BCUT2D eigenvalue weighted by molar-refractivity contribution is -0.123. The van der Waals surface area contributed by atoms with Crippen LogP contribution in [0.1, 0.15) is 33.3 Å². The molecule has 1 aliphatic rings. The lowest BCUT2D eigenvalue weighted by Crippen LogP contribution is -2.32. The summed E-state index contributed by atoms with van der Waals surface area (Å²) >= 11 is 6.99. The summed E-state index contributed by atoms with van der Waals surface area (Å²) in [6.45, 7) is 0.129. The molecule has 1 aliphatic heterocycles. The maximum absolute atomic E-state index is 13.6. The lowest BCUT2D eigenvalue weighted by atomic mass is 9.99. The predicted octanol–water partition coefficient (Wildman–Crippen LogP) is 4.74. The zero-order valence-electron chi connectivity index (χ0n) is 21.1. The van der Waals surface area contributed by atoms with Crippen LogP contribution in [-0.4, -0.2) is 48.4 Å². The van der Waals surface area contributed by atoms with Crippen LogP contribution in [0.25, 0.3) is 0 Å². The summed E-state index contributed by atoms with van der Waals surface area (Å²) in [5.41, 5.74) is 0.920. The van der Waals surface area contributed by atoms with Gasteiger partial charge in [-0.15, -0.1) is 10.2 Å². The standard InChI is InChI=1S/C27H23ClN4O6S2/c1-37-22-12-7-18(26(34)29-27-31-30-24(39-27)16-38-21-10-8-20(28)9-11-21)13-23(22)40(35,36)32-15-19(14-25(32)33)17-5-3-2-4-6-17/h2-13,19H,14-16H2,1H3,(H,29,31,34)/t19-/m0/s1. The molecule has 2 heterocycles. The van der Waals surface area contributed by atoms with Crippen LogP contribution >= 0.6 is 22.9 Å². The van der Waals surface area contributed by atoms with Gasteiger partial charge in [0.15, 0.2) is 5.01 Å². The number of hydrogen-bond acceptors (Lipinski definition) is 9. The van der Waals surface area contributed by atoms with Crippen molar-refractivity contribution in [2.24, 2.45) is 0 Å². The monoisotopic (exact) mass is 598 g/mol. The minimum absolute atomic E-state index is 0.00356. The molecule has 0 bridgehead atoms. The van der Waals surface area contributed by atoms with Crippen LogP contribution in [0.3, 0.4) is 0 Å². The topological polar surface area (TPSA) is 128 Å². The van der Waals surface area contributed by atoms with E-state index < -0.39 is 21.8 Å². The fourth-order valence-corrected chi connectivity index (χ4v) is 6.62. The number of sulfonamides is 1. The molecule has 1 atom stereocenters. The van der Waals surface area contributed by atoms with Crippen LogP contribution in [0.4, 0.5) is 5.13 Å². The van der Waals surface area contributed by atoms with Crippen LogP contribution < -0.4 is 14.8 Å². The van der Waals surface area contributed by atoms with E-state index in [1.165, 1.54) is 25.3 Å². The summed E-state index contributed by atoms with van der Waals surface area (Å²) in [5, 5.41) is 11.9. The molecule has 0 unspecified atom stereocenters. The normalized spacial score (nSPS) is 15.2. The molecule has 1 fully saturated rings. The molecular formula is C27H23ClN4O6S2. The first-order valence-electron chi connectivity index (χ1n) is 12.1. The van der Waals surface area contributed by atoms with Gasteiger partial charge in [-0.3, -0.25) is 14.9 Å². The molecule has 10 nitrogen and oxygen atoms in total. The fraction of sp³-hybridized carbons (Fsp3) is 0.185. The maximum atomic E-state index is 13.6. The molecule has 0 aliphatic carbocycles. The number of nitrogens with zero attached hydrogens (tertiary/aromatic N) is 3. The van der Waals surface area contributed by atoms with E-state index in [1.54, 1.807) is 24.3 Å². The number of aromatic nitrogens is 2. The first-order valence-corrected chi connectivity index (χ1v) is 14.7. The number of halogens is 1. The molecular weight excluding hydrogens is 576 g/mol. The van der Waals surface area contributed by atoms with Gasteiger partial charge < -0.3 is 9.47 Å². The molecule has 0 radical (unpaired) electrons. The second-order valence-corrected chi connectivity index (χ2v) is 12.1. The number of carbonyl (C=O) groups excluding carboxylic acids is 2.